The first-order chi connectivity index (χ1) is 10.9. The van der Waals surface area contributed by atoms with E-state index < -0.39 is 14.8 Å². The number of imidazole rings is 1. The van der Waals surface area contributed by atoms with Crippen molar-refractivity contribution in [1.82, 2.24) is 9.55 Å². The van der Waals surface area contributed by atoms with E-state index in [1.807, 2.05) is 0 Å². The van der Waals surface area contributed by atoms with E-state index >= 15 is 0 Å². The Hall–Kier alpha value is -2.74. The topological polar surface area (TPSA) is 95.1 Å². The van der Waals surface area contributed by atoms with Crippen LogP contribution in [0.3, 0.4) is 0 Å². The third kappa shape index (κ3) is 2.93. The molecule has 23 heavy (non-hydrogen) atoms. The lowest BCUT2D eigenvalue weighted by molar-refractivity contribution is -0.384. The fraction of sp³-hybridized carbons (Fsp3) is 0.133. The highest BCUT2D eigenvalue weighted by Gasteiger charge is 2.19. The van der Waals surface area contributed by atoms with Crippen LogP contribution in [0.5, 0.6) is 0 Å². The van der Waals surface area contributed by atoms with Crippen LogP contribution in [0.1, 0.15) is 5.56 Å². The second kappa shape index (κ2) is 5.47. The van der Waals surface area contributed by atoms with E-state index in [2.05, 4.69) is 4.98 Å². The second-order valence-electron chi connectivity index (χ2n) is 5.17. The predicted octanol–water partition coefficient (Wildman–Crippen LogP) is 2.40. The minimum Gasteiger partial charge on any atom is -0.310 e. The Kier molecular flexibility index (Phi) is 3.61. The molecule has 0 aliphatic carbocycles. The van der Waals surface area contributed by atoms with Gasteiger partial charge in [-0.25, -0.2) is 13.4 Å². The molecule has 1 aromatic heterocycles. The Labute approximate surface area is 132 Å². The molecule has 7 nitrogen and oxygen atoms in total. The van der Waals surface area contributed by atoms with E-state index in [9.17, 15) is 18.5 Å². The molecule has 0 fully saturated rings. The number of aromatic nitrogens is 2. The van der Waals surface area contributed by atoms with Gasteiger partial charge in [-0.05, 0) is 17.7 Å². The molecule has 8 heteroatoms. The van der Waals surface area contributed by atoms with Crippen molar-refractivity contribution in [2.45, 2.75) is 11.7 Å². The highest BCUT2D eigenvalue weighted by Crippen LogP contribution is 2.22. The Morgan fingerprint density at radius 1 is 1.17 bits per heavy atom. The highest BCUT2D eigenvalue weighted by atomic mass is 32.2. The third-order valence-electron chi connectivity index (χ3n) is 3.41. The van der Waals surface area contributed by atoms with Crippen LogP contribution in [-0.4, -0.2) is 29.1 Å². The van der Waals surface area contributed by atoms with Crippen molar-refractivity contribution in [3.8, 4) is 0 Å². The molecule has 0 N–H and O–H groups in total. The van der Waals surface area contributed by atoms with Crippen molar-refractivity contribution >= 4 is 26.6 Å². The number of hydrogen-bond donors (Lipinski definition) is 0. The number of nitrogens with zero attached hydrogens (tertiary/aromatic N) is 3. The van der Waals surface area contributed by atoms with Crippen LogP contribution in [0.15, 0.2) is 53.7 Å². The van der Waals surface area contributed by atoms with Crippen LogP contribution in [-0.2, 0) is 16.4 Å². The monoisotopic (exact) mass is 331 g/mol. The summed E-state index contributed by atoms with van der Waals surface area (Å²) >= 11 is 0. The maximum absolute atomic E-state index is 12.0. The van der Waals surface area contributed by atoms with Gasteiger partial charge in [0.1, 0.15) is 0 Å². The fourth-order valence-electron chi connectivity index (χ4n) is 2.44. The Balaban J connectivity index is 2.16. The molecular weight excluding hydrogens is 318 g/mol. The highest BCUT2D eigenvalue weighted by molar-refractivity contribution is 7.90. The standard InChI is InChI=1S/C15H13N3O4S/c1-23(21,22)15-16-13-7-2-3-8-14(13)17(15)10-11-5-4-6-12(9-11)18(19)20/h2-9H,10H2,1H3. The minimum atomic E-state index is -3.52. The lowest BCUT2D eigenvalue weighted by Crippen LogP contribution is -2.10. The third-order valence-corrected chi connectivity index (χ3v) is 4.39. The molecule has 1 heterocycles. The molecule has 0 amide bonds. The molecule has 118 valence electrons. The first-order valence-electron chi connectivity index (χ1n) is 6.75. The molecule has 3 aromatic rings. The van der Waals surface area contributed by atoms with E-state index in [0.717, 1.165) is 6.26 Å². The predicted molar refractivity (Wildman–Crippen MR) is 85.0 cm³/mol. The average Bonchev–Trinajstić information content (AvgIpc) is 2.87. The fourth-order valence-corrected chi connectivity index (χ4v) is 3.27. The number of rotatable bonds is 4. The zero-order valence-electron chi connectivity index (χ0n) is 12.2. The van der Waals surface area contributed by atoms with E-state index in [4.69, 9.17) is 0 Å². The molecule has 0 saturated carbocycles. The van der Waals surface area contributed by atoms with Crippen LogP contribution in [0.25, 0.3) is 11.0 Å². The summed E-state index contributed by atoms with van der Waals surface area (Å²) < 4.78 is 25.6. The van der Waals surface area contributed by atoms with E-state index in [0.29, 0.717) is 16.6 Å². The van der Waals surface area contributed by atoms with Crippen LogP contribution < -0.4 is 0 Å². The molecule has 0 spiro atoms. The lowest BCUT2D eigenvalue weighted by atomic mass is 10.2. The summed E-state index contributed by atoms with van der Waals surface area (Å²) in [6.07, 6.45) is 1.10. The number of benzene rings is 2. The van der Waals surface area contributed by atoms with Crippen molar-refractivity contribution in [3.63, 3.8) is 0 Å². The van der Waals surface area contributed by atoms with Gasteiger partial charge in [0.25, 0.3) is 5.69 Å². The molecule has 0 atom stereocenters. The SMILES string of the molecule is CS(=O)(=O)c1nc2ccccc2n1Cc1cccc([N+](=O)[O-])c1. The number of fused-ring (bicyclic) bond motifs is 1. The van der Waals surface area contributed by atoms with Crippen LogP contribution in [0.4, 0.5) is 5.69 Å². The maximum atomic E-state index is 12.0. The van der Waals surface area contributed by atoms with Gasteiger partial charge in [-0.1, -0.05) is 24.3 Å². The molecule has 0 unspecified atom stereocenters. The van der Waals surface area contributed by atoms with E-state index in [1.165, 1.54) is 12.1 Å². The summed E-state index contributed by atoms with van der Waals surface area (Å²) in [5.41, 5.74) is 1.83. The van der Waals surface area contributed by atoms with Crippen molar-refractivity contribution in [3.05, 3.63) is 64.2 Å². The number of nitro benzene ring substituents is 1. The number of sulfone groups is 1. The van der Waals surface area contributed by atoms with E-state index in [-0.39, 0.29) is 17.4 Å². The second-order valence-corrected chi connectivity index (χ2v) is 7.08. The van der Waals surface area contributed by atoms with Gasteiger partial charge in [0.15, 0.2) is 0 Å². The number of para-hydroxylation sites is 2. The summed E-state index contributed by atoms with van der Waals surface area (Å²) in [7, 11) is -3.52. The molecule has 0 saturated heterocycles. The molecule has 3 rings (SSSR count). The summed E-state index contributed by atoms with van der Waals surface area (Å²) in [5.74, 6) is 0. The molecule has 0 radical (unpaired) electrons. The first-order valence-corrected chi connectivity index (χ1v) is 8.64. The number of non-ortho nitro benzene ring substituents is 1. The van der Waals surface area contributed by atoms with Crippen molar-refractivity contribution in [2.75, 3.05) is 6.26 Å². The van der Waals surface area contributed by atoms with Gasteiger partial charge in [0, 0.05) is 18.4 Å². The Morgan fingerprint density at radius 3 is 2.61 bits per heavy atom. The minimum absolute atomic E-state index is 0.0344. The van der Waals surface area contributed by atoms with Crippen molar-refractivity contribution in [1.29, 1.82) is 0 Å². The maximum Gasteiger partial charge on any atom is 0.269 e. The normalized spacial score (nSPS) is 11.7. The largest absolute Gasteiger partial charge is 0.310 e. The van der Waals surface area contributed by atoms with Gasteiger partial charge in [-0.3, -0.25) is 10.1 Å². The summed E-state index contributed by atoms with van der Waals surface area (Å²) in [6, 6.07) is 13.2. The summed E-state index contributed by atoms with van der Waals surface area (Å²) in [5, 5.41) is 10.8. The van der Waals surface area contributed by atoms with Gasteiger partial charge < -0.3 is 4.57 Å². The van der Waals surface area contributed by atoms with Crippen LogP contribution in [0.2, 0.25) is 0 Å². The zero-order valence-corrected chi connectivity index (χ0v) is 13.0. The van der Waals surface area contributed by atoms with Crippen LogP contribution >= 0.6 is 0 Å². The lowest BCUT2D eigenvalue weighted by Gasteiger charge is -2.08. The molecule has 0 aliphatic rings. The quantitative estimate of drug-likeness (QED) is 0.540. The van der Waals surface area contributed by atoms with Gasteiger partial charge in [0.2, 0.25) is 15.0 Å². The van der Waals surface area contributed by atoms with Gasteiger partial charge in [-0.15, -0.1) is 0 Å². The number of hydrogen-bond acceptors (Lipinski definition) is 5. The Morgan fingerprint density at radius 2 is 1.91 bits per heavy atom. The molecule has 0 aliphatic heterocycles. The first kappa shape index (κ1) is 15.2. The zero-order chi connectivity index (χ0) is 16.6. The van der Waals surface area contributed by atoms with E-state index in [1.54, 1.807) is 41.0 Å². The molecule has 2 aromatic carbocycles. The van der Waals surface area contributed by atoms with Crippen molar-refractivity contribution < 1.29 is 13.3 Å². The Bertz CT molecular complexity index is 1010. The smallest absolute Gasteiger partial charge is 0.269 e. The van der Waals surface area contributed by atoms with Crippen molar-refractivity contribution in [2.24, 2.45) is 0 Å². The van der Waals surface area contributed by atoms with Gasteiger partial charge in [0.05, 0.1) is 22.5 Å². The van der Waals surface area contributed by atoms with Gasteiger partial charge >= 0.3 is 0 Å². The average molecular weight is 331 g/mol. The number of nitro groups is 1. The molecule has 0 bridgehead atoms. The summed E-state index contributed by atoms with van der Waals surface area (Å²) in [6.45, 7) is 0.185. The van der Waals surface area contributed by atoms with Crippen LogP contribution in [0, 0.1) is 10.1 Å². The molecular formula is C15H13N3O4S. The van der Waals surface area contributed by atoms with Gasteiger partial charge in [-0.2, -0.15) is 0 Å². The summed E-state index contributed by atoms with van der Waals surface area (Å²) in [4.78, 5) is 14.6.